The van der Waals surface area contributed by atoms with E-state index in [1.165, 1.54) is 5.56 Å². The van der Waals surface area contributed by atoms with Crippen LogP contribution in [-0.4, -0.2) is 47.1 Å². The van der Waals surface area contributed by atoms with Crippen molar-refractivity contribution in [1.82, 2.24) is 9.88 Å². The molecule has 0 atom stereocenters. The van der Waals surface area contributed by atoms with Crippen molar-refractivity contribution in [2.75, 3.05) is 31.1 Å². The number of halogens is 2. The molecule has 166 valence electrons. The molecule has 0 saturated carbocycles. The molecular weight excluding hydrogens is 449 g/mol. The number of carbonyl (C=O) groups is 1. The monoisotopic (exact) mass is 471 g/mol. The average molecular weight is 472 g/mol. The number of aromatic nitrogens is 1. The smallest absolute Gasteiger partial charge is 0.339 e. The molecule has 2 heterocycles. The van der Waals surface area contributed by atoms with Crippen molar-refractivity contribution in [3.8, 4) is 5.75 Å². The number of carboxylic acid groups (broad SMARTS) is 1. The molecule has 32 heavy (non-hydrogen) atoms. The Morgan fingerprint density at radius 3 is 2.31 bits per heavy atom. The predicted molar refractivity (Wildman–Crippen MR) is 126 cm³/mol. The van der Waals surface area contributed by atoms with E-state index in [0.29, 0.717) is 22.5 Å². The summed E-state index contributed by atoms with van der Waals surface area (Å²) in [7, 11) is 0. The van der Waals surface area contributed by atoms with E-state index in [4.69, 9.17) is 27.9 Å². The maximum atomic E-state index is 11.5. The summed E-state index contributed by atoms with van der Waals surface area (Å²) in [5, 5.41) is 10.6. The molecular formula is C24H23Cl2N3O3. The fourth-order valence-corrected chi connectivity index (χ4v) is 4.22. The van der Waals surface area contributed by atoms with Crippen molar-refractivity contribution in [3.05, 3.63) is 87.5 Å². The maximum Gasteiger partial charge on any atom is 0.339 e. The molecule has 6 nitrogen and oxygen atoms in total. The highest BCUT2D eigenvalue weighted by molar-refractivity contribution is 6.35. The SMILES string of the molecule is O=C(O)c1cccnc1N1CCN(Cc2ccc(OCc3c(Cl)cccc3Cl)cc2)CC1. The lowest BCUT2D eigenvalue weighted by Crippen LogP contribution is -2.46. The molecule has 0 spiro atoms. The molecule has 0 radical (unpaired) electrons. The molecule has 1 aromatic heterocycles. The van der Waals surface area contributed by atoms with E-state index < -0.39 is 5.97 Å². The molecule has 4 rings (SSSR count). The first-order valence-electron chi connectivity index (χ1n) is 10.3. The topological polar surface area (TPSA) is 65.9 Å². The van der Waals surface area contributed by atoms with Crippen LogP contribution in [0.5, 0.6) is 5.75 Å². The summed E-state index contributed by atoms with van der Waals surface area (Å²) in [6, 6.07) is 16.7. The van der Waals surface area contributed by atoms with Crippen molar-refractivity contribution >= 4 is 35.0 Å². The predicted octanol–water partition coefficient (Wildman–Crippen LogP) is 4.99. The molecule has 3 aromatic rings. The van der Waals surface area contributed by atoms with Gasteiger partial charge in [0.25, 0.3) is 0 Å². The third kappa shape index (κ3) is 5.33. The zero-order valence-corrected chi connectivity index (χ0v) is 18.9. The lowest BCUT2D eigenvalue weighted by atomic mass is 10.1. The van der Waals surface area contributed by atoms with Crippen molar-refractivity contribution in [2.45, 2.75) is 13.2 Å². The van der Waals surface area contributed by atoms with Crippen LogP contribution >= 0.6 is 23.2 Å². The van der Waals surface area contributed by atoms with Crippen LogP contribution < -0.4 is 9.64 Å². The van der Waals surface area contributed by atoms with Crippen LogP contribution in [0.1, 0.15) is 21.5 Å². The minimum absolute atomic E-state index is 0.245. The number of pyridine rings is 1. The second-order valence-corrected chi connectivity index (χ2v) is 8.39. The van der Waals surface area contributed by atoms with Gasteiger partial charge in [-0.2, -0.15) is 0 Å². The summed E-state index contributed by atoms with van der Waals surface area (Å²) in [6.45, 7) is 4.26. The quantitative estimate of drug-likeness (QED) is 0.523. The maximum absolute atomic E-state index is 11.5. The van der Waals surface area contributed by atoms with Crippen LogP contribution in [0.3, 0.4) is 0 Å². The Balaban J connectivity index is 1.30. The summed E-state index contributed by atoms with van der Waals surface area (Å²) in [5.74, 6) is 0.348. The number of aromatic carboxylic acids is 1. The van der Waals surface area contributed by atoms with Crippen LogP contribution in [0, 0.1) is 0 Å². The molecule has 0 bridgehead atoms. The van der Waals surface area contributed by atoms with Crippen molar-refractivity contribution in [3.63, 3.8) is 0 Å². The molecule has 1 saturated heterocycles. The zero-order chi connectivity index (χ0) is 22.5. The van der Waals surface area contributed by atoms with Crippen LogP contribution in [0.15, 0.2) is 60.8 Å². The number of hydrogen-bond acceptors (Lipinski definition) is 5. The van der Waals surface area contributed by atoms with Gasteiger partial charge in [-0.25, -0.2) is 9.78 Å². The number of anilines is 1. The van der Waals surface area contributed by atoms with Gasteiger partial charge in [0.2, 0.25) is 0 Å². The Bertz CT molecular complexity index is 1060. The minimum Gasteiger partial charge on any atom is -0.489 e. The average Bonchev–Trinajstić information content (AvgIpc) is 2.80. The van der Waals surface area contributed by atoms with Crippen LogP contribution in [0.25, 0.3) is 0 Å². The van der Waals surface area contributed by atoms with Crippen molar-refractivity contribution in [1.29, 1.82) is 0 Å². The van der Waals surface area contributed by atoms with E-state index in [0.717, 1.165) is 44.0 Å². The zero-order valence-electron chi connectivity index (χ0n) is 17.4. The number of carboxylic acids is 1. The van der Waals surface area contributed by atoms with Gasteiger partial charge in [0.15, 0.2) is 0 Å². The van der Waals surface area contributed by atoms with Crippen LogP contribution in [0.4, 0.5) is 5.82 Å². The third-order valence-electron chi connectivity index (χ3n) is 5.46. The largest absolute Gasteiger partial charge is 0.489 e. The van der Waals surface area contributed by atoms with Crippen LogP contribution in [-0.2, 0) is 13.2 Å². The second-order valence-electron chi connectivity index (χ2n) is 7.58. The number of hydrogen-bond donors (Lipinski definition) is 1. The molecule has 2 aromatic carbocycles. The highest BCUT2D eigenvalue weighted by Gasteiger charge is 2.22. The highest BCUT2D eigenvalue weighted by atomic mass is 35.5. The molecule has 0 unspecified atom stereocenters. The molecule has 1 aliphatic rings. The van der Waals surface area contributed by atoms with E-state index in [1.54, 1.807) is 30.5 Å². The molecule has 1 N–H and O–H groups in total. The van der Waals surface area contributed by atoms with Gasteiger partial charge in [-0.05, 0) is 42.0 Å². The van der Waals surface area contributed by atoms with Gasteiger partial charge in [-0.1, -0.05) is 41.4 Å². The van der Waals surface area contributed by atoms with Gasteiger partial charge in [0.1, 0.15) is 23.7 Å². The van der Waals surface area contributed by atoms with Crippen LogP contribution in [0.2, 0.25) is 10.0 Å². The number of piperazine rings is 1. The first-order valence-corrected chi connectivity index (χ1v) is 11.1. The normalized spacial score (nSPS) is 14.4. The Labute approximate surface area is 197 Å². The third-order valence-corrected chi connectivity index (χ3v) is 6.17. The summed E-state index contributed by atoms with van der Waals surface area (Å²) in [4.78, 5) is 20.1. The Hall–Kier alpha value is -2.80. The van der Waals surface area contributed by atoms with Crippen molar-refractivity contribution in [2.24, 2.45) is 0 Å². The first-order chi connectivity index (χ1) is 15.5. The van der Waals surface area contributed by atoms with Gasteiger partial charge in [0.05, 0.1) is 0 Å². The Morgan fingerprint density at radius 1 is 0.969 bits per heavy atom. The van der Waals surface area contributed by atoms with Gasteiger partial charge < -0.3 is 14.7 Å². The Kier molecular flexibility index (Phi) is 7.15. The lowest BCUT2D eigenvalue weighted by Gasteiger charge is -2.35. The summed E-state index contributed by atoms with van der Waals surface area (Å²) in [6.07, 6.45) is 1.64. The van der Waals surface area contributed by atoms with E-state index in [2.05, 4.69) is 22.0 Å². The molecule has 1 aliphatic heterocycles. The highest BCUT2D eigenvalue weighted by Crippen LogP contribution is 2.26. The minimum atomic E-state index is -0.949. The van der Waals surface area contributed by atoms with Crippen molar-refractivity contribution < 1.29 is 14.6 Å². The molecule has 1 fully saturated rings. The first kappa shape index (κ1) is 22.4. The van der Waals surface area contributed by atoms with E-state index >= 15 is 0 Å². The number of rotatable bonds is 7. The lowest BCUT2D eigenvalue weighted by molar-refractivity contribution is 0.0697. The fraction of sp³-hybridized carbons (Fsp3) is 0.250. The molecule has 0 aliphatic carbocycles. The van der Waals surface area contributed by atoms with Gasteiger partial charge >= 0.3 is 5.97 Å². The fourth-order valence-electron chi connectivity index (χ4n) is 3.71. The number of nitrogens with zero attached hydrogens (tertiary/aromatic N) is 3. The molecule has 0 amide bonds. The molecule has 8 heteroatoms. The summed E-state index contributed by atoms with van der Waals surface area (Å²) >= 11 is 12.4. The van der Waals surface area contributed by atoms with E-state index in [9.17, 15) is 9.90 Å². The number of benzene rings is 2. The van der Waals surface area contributed by atoms with E-state index in [1.807, 2.05) is 23.1 Å². The standard InChI is InChI=1S/C24H23Cl2N3O3/c25-21-4-1-5-22(26)20(21)16-32-18-8-6-17(7-9-18)15-28-11-13-29(14-12-28)23-19(24(30)31)3-2-10-27-23/h1-10H,11-16H2,(H,30,31). The Morgan fingerprint density at radius 2 is 1.66 bits per heavy atom. The van der Waals surface area contributed by atoms with Gasteiger partial charge in [-0.3, -0.25) is 4.90 Å². The van der Waals surface area contributed by atoms with Gasteiger partial charge in [-0.15, -0.1) is 0 Å². The summed E-state index contributed by atoms with van der Waals surface area (Å²) in [5.41, 5.74) is 2.21. The summed E-state index contributed by atoms with van der Waals surface area (Å²) < 4.78 is 5.85. The number of ether oxygens (including phenoxy) is 1. The van der Waals surface area contributed by atoms with E-state index in [-0.39, 0.29) is 5.56 Å². The second kappa shape index (κ2) is 10.2. The van der Waals surface area contributed by atoms with Gasteiger partial charge in [0, 0.05) is 54.5 Å².